The number of halogens is 1. The Morgan fingerprint density at radius 3 is 3.13 bits per heavy atom. The van der Waals surface area contributed by atoms with E-state index in [9.17, 15) is 0 Å². The Hall–Kier alpha value is -1.36. The molecule has 0 atom stereocenters. The van der Waals surface area contributed by atoms with Gasteiger partial charge < -0.3 is 5.73 Å². The molecule has 76 valence electrons. The Morgan fingerprint density at radius 1 is 1.40 bits per heavy atom. The summed E-state index contributed by atoms with van der Waals surface area (Å²) in [5, 5.41) is 0. The molecule has 0 spiro atoms. The van der Waals surface area contributed by atoms with Crippen molar-refractivity contribution in [1.82, 2.24) is 4.90 Å². The zero-order valence-corrected chi connectivity index (χ0v) is 9.53. The second-order valence-corrected chi connectivity index (χ2v) is 4.32. The van der Waals surface area contributed by atoms with Gasteiger partial charge in [-0.05, 0) is 28.1 Å². The van der Waals surface area contributed by atoms with Gasteiger partial charge in [-0.1, -0.05) is 6.07 Å². The van der Waals surface area contributed by atoms with E-state index < -0.39 is 0 Å². The summed E-state index contributed by atoms with van der Waals surface area (Å²) in [5.74, 6) is 1.48. The Kier molecular flexibility index (Phi) is 1.82. The number of hydrogen-bond donors (Lipinski definition) is 1. The van der Waals surface area contributed by atoms with Crippen LogP contribution in [0.5, 0.6) is 0 Å². The lowest BCUT2D eigenvalue weighted by atomic mass is 10.1. The molecule has 5 heteroatoms. The van der Waals surface area contributed by atoms with Crippen molar-refractivity contribution in [3.8, 4) is 0 Å². The first-order valence-corrected chi connectivity index (χ1v) is 5.52. The first-order valence-electron chi connectivity index (χ1n) is 4.72. The van der Waals surface area contributed by atoms with Gasteiger partial charge in [-0.2, -0.15) is 0 Å². The minimum absolute atomic E-state index is 0.533. The van der Waals surface area contributed by atoms with E-state index in [1.807, 2.05) is 23.1 Å². The van der Waals surface area contributed by atoms with Gasteiger partial charge in [0.15, 0.2) is 0 Å². The van der Waals surface area contributed by atoms with Crippen LogP contribution in [-0.4, -0.2) is 29.8 Å². The monoisotopic (exact) mass is 264 g/mol. The molecule has 2 N–H and O–H groups in total. The van der Waals surface area contributed by atoms with E-state index in [-0.39, 0.29) is 0 Å². The van der Waals surface area contributed by atoms with E-state index in [0.29, 0.717) is 5.96 Å². The van der Waals surface area contributed by atoms with Crippen LogP contribution in [0, 0.1) is 0 Å². The molecule has 0 bridgehead atoms. The molecule has 15 heavy (non-hydrogen) atoms. The molecular weight excluding hydrogens is 256 g/mol. The molecule has 0 saturated heterocycles. The van der Waals surface area contributed by atoms with Crippen molar-refractivity contribution in [3.63, 3.8) is 0 Å². The van der Waals surface area contributed by atoms with E-state index in [1.165, 1.54) is 0 Å². The number of guanidine groups is 1. The lowest BCUT2D eigenvalue weighted by Gasteiger charge is -2.25. The first kappa shape index (κ1) is 8.91. The quantitative estimate of drug-likeness (QED) is 0.772. The molecule has 0 unspecified atom stereocenters. The molecule has 0 saturated carbocycles. The fraction of sp³-hybridized carbons (Fsp3) is 0.200. The van der Waals surface area contributed by atoms with Crippen LogP contribution in [0.3, 0.4) is 0 Å². The van der Waals surface area contributed by atoms with Crippen LogP contribution in [-0.2, 0) is 0 Å². The van der Waals surface area contributed by atoms with Gasteiger partial charge in [0.2, 0.25) is 5.96 Å². The number of para-hydroxylation sites is 1. The number of fused-ring (bicyclic) bond motifs is 3. The Bertz CT molecular complexity index is 492. The van der Waals surface area contributed by atoms with Gasteiger partial charge in [0.05, 0.1) is 12.2 Å². The minimum atomic E-state index is 0.533. The number of amidine groups is 1. The van der Waals surface area contributed by atoms with Crippen molar-refractivity contribution in [1.29, 1.82) is 0 Å². The van der Waals surface area contributed by atoms with E-state index >= 15 is 0 Å². The normalized spacial score (nSPS) is 18.1. The van der Waals surface area contributed by atoms with Crippen molar-refractivity contribution in [2.45, 2.75) is 0 Å². The molecular formula is C10H9BrN4. The lowest BCUT2D eigenvalue weighted by Crippen LogP contribution is -2.42. The molecule has 1 aromatic rings. The van der Waals surface area contributed by atoms with E-state index in [2.05, 4.69) is 25.9 Å². The van der Waals surface area contributed by atoms with Crippen molar-refractivity contribution in [2.24, 2.45) is 15.7 Å². The van der Waals surface area contributed by atoms with Gasteiger partial charge in [-0.3, -0.25) is 9.89 Å². The van der Waals surface area contributed by atoms with Gasteiger partial charge in [0.1, 0.15) is 5.84 Å². The Balaban J connectivity index is 2.29. The number of aliphatic imine (C=N–C) groups is 2. The van der Waals surface area contributed by atoms with Crippen molar-refractivity contribution >= 4 is 33.4 Å². The highest BCUT2D eigenvalue weighted by Gasteiger charge is 2.28. The number of benzene rings is 1. The SMILES string of the molecule is NC1=Nc2c(Br)cccc2C2=NCCN12. The van der Waals surface area contributed by atoms with Gasteiger partial charge >= 0.3 is 0 Å². The second kappa shape index (κ2) is 3.06. The molecule has 0 aromatic heterocycles. The predicted molar refractivity (Wildman–Crippen MR) is 63.5 cm³/mol. The summed E-state index contributed by atoms with van der Waals surface area (Å²) in [5.41, 5.74) is 7.81. The van der Waals surface area contributed by atoms with E-state index in [0.717, 1.165) is 34.6 Å². The molecule has 2 heterocycles. The summed E-state index contributed by atoms with van der Waals surface area (Å²) in [6, 6.07) is 5.97. The molecule has 0 fully saturated rings. The molecule has 0 amide bonds. The zero-order chi connectivity index (χ0) is 10.4. The maximum atomic E-state index is 5.88. The molecule has 1 aromatic carbocycles. The molecule has 2 aliphatic rings. The Morgan fingerprint density at radius 2 is 2.27 bits per heavy atom. The maximum Gasteiger partial charge on any atom is 0.202 e. The van der Waals surface area contributed by atoms with Crippen LogP contribution in [0.1, 0.15) is 5.56 Å². The summed E-state index contributed by atoms with van der Waals surface area (Å²) in [7, 11) is 0. The highest BCUT2D eigenvalue weighted by Crippen LogP contribution is 2.34. The number of nitrogens with zero attached hydrogens (tertiary/aromatic N) is 3. The van der Waals surface area contributed by atoms with Gasteiger partial charge in [-0.25, -0.2) is 4.99 Å². The van der Waals surface area contributed by atoms with Gasteiger partial charge in [0.25, 0.3) is 0 Å². The maximum absolute atomic E-state index is 5.88. The van der Waals surface area contributed by atoms with Gasteiger partial charge in [0, 0.05) is 16.6 Å². The second-order valence-electron chi connectivity index (χ2n) is 3.46. The third-order valence-electron chi connectivity index (χ3n) is 2.57. The van der Waals surface area contributed by atoms with Crippen LogP contribution in [0.15, 0.2) is 32.7 Å². The number of rotatable bonds is 0. The van der Waals surface area contributed by atoms with Crippen LogP contribution >= 0.6 is 15.9 Å². The lowest BCUT2D eigenvalue weighted by molar-refractivity contribution is 0.653. The predicted octanol–water partition coefficient (Wildman–Crippen LogP) is 1.47. The van der Waals surface area contributed by atoms with Crippen LogP contribution in [0.25, 0.3) is 0 Å². The standard InChI is InChI=1S/C10H9BrN4/c11-7-3-1-2-6-8(7)14-10(12)15-5-4-13-9(6)15/h1-3H,4-5H2,(H2,12,14). The largest absolute Gasteiger partial charge is 0.369 e. The molecule has 2 aliphatic heterocycles. The topological polar surface area (TPSA) is 54.0 Å². The number of hydrogen-bond acceptors (Lipinski definition) is 4. The molecule has 0 aliphatic carbocycles. The third-order valence-corrected chi connectivity index (χ3v) is 3.21. The van der Waals surface area contributed by atoms with Crippen molar-refractivity contribution in [2.75, 3.05) is 13.1 Å². The fourth-order valence-corrected chi connectivity index (χ4v) is 2.34. The van der Waals surface area contributed by atoms with Crippen molar-refractivity contribution < 1.29 is 0 Å². The van der Waals surface area contributed by atoms with Crippen LogP contribution in [0.2, 0.25) is 0 Å². The highest BCUT2D eigenvalue weighted by atomic mass is 79.9. The van der Waals surface area contributed by atoms with Gasteiger partial charge in [-0.15, -0.1) is 0 Å². The summed E-state index contributed by atoms with van der Waals surface area (Å²) >= 11 is 3.47. The highest BCUT2D eigenvalue weighted by molar-refractivity contribution is 9.10. The molecule has 4 nitrogen and oxygen atoms in total. The van der Waals surface area contributed by atoms with Crippen molar-refractivity contribution in [3.05, 3.63) is 28.2 Å². The minimum Gasteiger partial charge on any atom is -0.369 e. The van der Waals surface area contributed by atoms with E-state index in [4.69, 9.17) is 5.73 Å². The molecule has 0 radical (unpaired) electrons. The summed E-state index contributed by atoms with van der Waals surface area (Å²) in [6.07, 6.45) is 0. The first-order chi connectivity index (χ1) is 7.27. The molecule has 3 rings (SSSR count). The zero-order valence-electron chi connectivity index (χ0n) is 7.94. The average molecular weight is 265 g/mol. The Labute approximate surface area is 95.6 Å². The van der Waals surface area contributed by atoms with Crippen LogP contribution in [0.4, 0.5) is 5.69 Å². The number of nitrogens with two attached hydrogens (primary N) is 1. The summed E-state index contributed by atoms with van der Waals surface area (Å²) in [4.78, 5) is 10.8. The fourth-order valence-electron chi connectivity index (χ4n) is 1.89. The summed E-state index contributed by atoms with van der Waals surface area (Å²) < 4.78 is 0.956. The third kappa shape index (κ3) is 1.19. The van der Waals surface area contributed by atoms with E-state index in [1.54, 1.807) is 0 Å². The summed E-state index contributed by atoms with van der Waals surface area (Å²) in [6.45, 7) is 1.62. The van der Waals surface area contributed by atoms with Crippen LogP contribution < -0.4 is 5.73 Å². The average Bonchev–Trinajstić information content (AvgIpc) is 2.69. The smallest absolute Gasteiger partial charge is 0.202 e.